The van der Waals surface area contributed by atoms with E-state index in [1.165, 1.54) is 0 Å². The molecular formula is C11H13NO3S. The number of nitrogens with one attached hydrogen (secondary N) is 1. The number of methoxy groups -OCH3 is 1. The number of hydrogen-bond donors (Lipinski definition) is 1. The summed E-state index contributed by atoms with van der Waals surface area (Å²) in [5.74, 6) is 0.0811. The van der Waals surface area contributed by atoms with Crippen LogP contribution < -0.4 is 10.1 Å². The Morgan fingerprint density at radius 1 is 1.44 bits per heavy atom. The van der Waals surface area contributed by atoms with Crippen LogP contribution in [0.1, 0.15) is 6.92 Å². The summed E-state index contributed by atoms with van der Waals surface area (Å²) < 4.78 is 9.88. The van der Waals surface area contributed by atoms with Gasteiger partial charge in [-0.1, -0.05) is 24.4 Å². The largest absolute Gasteiger partial charge is 0.495 e. The second-order valence-corrected chi connectivity index (χ2v) is 3.28. The SMILES string of the molecule is CCOC(=O)C(=S)Nc1ccccc1OC. The van der Waals surface area contributed by atoms with Crippen molar-refractivity contribution in [2.24, 2.45) is 0 Å². The van der Waals surface area contributed by atoms with Crippen LogP contribution in [0.15, 0.2) is 24.3 Å². The van der Waals surface area contributed by atoms with E-state index in [9.17, 15) is 4.79 Å². The number of anilines is 1. The number of carbonyl (C=O) groups is 1. The molecule has 0 heterocycles. The van der Waals surface area contributed by atoms with Crippen molar-refractivity contribution in [2.75, 3.05) is 19.0 Å². The molecule has 0 aliphatic heterocycles. The summed E-state index contributed by atoms with van der Waals surface area (Å²) in [5.41, 5.74) is 0.642. The maximum atomic E-state index is 11.3. The number of thiocarbonyl (C=S) groups is 1. The lowest BCUT2D eigenvalue weighted by Crippen LogP contribution is -2.23. The second kappa shape index (κ2) is 6.07. The Balaban J connectivity index is 2.73. The van der Waals surface area contributed by atoms with Crippen molar-refractivity contribution in [1.82, 2.24) is 0 Å². The minimum absolute atomic E-state index is 0.0198. The predicted molar refractivity (Wildman–Crippen MR) is 65.8 cm³/mol. The van der Waals surface area contributed by atoms with Crippen molar-refractivity contribution < 1.29 is 14.3 Å². The summed E-state index contributed by atoms with van der Waals surface area (Å²) in [6.07, 6.45) is 0. The highest BCUT2D eigenvalue weighted by atomic mass is 32.1. The Hall–Kier alpha value is -1.62. The molecular weight excluding hydrogens is 226 g/mol. The Morgan fingerprint density at radius 3 is 2.75 bits per heavy atom. The van der Waals surface area contributed by atoms with Gasteiger partial charge in [0, 0.05) is 0 Å². The van der Waals surface area contributed by atoms with Crippen LogP contribution in [0.25, 0.3) is 0 Å². The molecule has 0 saturated carbocycles. The van der Waals surface area contributed by atoms with Gasteiger partial charge in [0.25, 0.3) is 0 Å². The Bertz CT molecular complexity index is 393. The fourth-order valence-corrected chi connectivity index (χ4v) is 1.29. The van der Waals surface area contributed by atoms with Gasteiger partial charge >= 0.3 is 5.97 Å². The molecule has 0 aromatic heterocycles. The topological polar surface area (TPSA) is 47.6 Å². The molecule has 0 spiro atoms. The lowest BCUT2D eigenvalue weighted by atomic mass is 10.3. The molecule has 1 aromatic carbocycles. The van der Waals surface area contributed by atoms with Gasteiger partial charge in [-0.15, -0.1) is 0 Å². The third kappa shape index (κ3) is 3.20. The van der Waals surface area contributed by atoms with Gasteiger partial charge in [0.15, 0.2) is 4.99 Å². The van der Waals surface area contributed by atoms with Crippen LogP contribution in [0, 0.1) is 0 Å². The number of ether oxygens (including phenoxy) is 2. The van der Waals surface area contributed by atoms with Gasteiger partial charge in [-0.2, -0.15) is 0 Å². The zero-order chi connectivity index (χ0) is 12.0. The van der Waals surface area contributed by atoms with E-state index in [4.69, 9.17) is 21.7 Å². The summed E-state index contributed by atoms with van der Waals surface area (Å²) in [4.78, 5) is 11.3. The third-order valence-electron chi connectivity index (χ3n) is 1.82. The average Bonchev–Trinajstić information content (AvgIpc) is 2.30. The molecule has 0 aliphatic rings. The summed E-state index contributed by atoms with van der Waals surface area (Å²) >= 11 is 4.89. The van der Waals surface area contributed by atoms with Gasteiger partial charge in [-0.25, -0.2) is 4.79 Å². The van der Waals surface area contributed by atoms with Gasteiger partial charge < -0.3 is 14.8 Å². The van der Waals surface area contributed by atoms with E-state index < -0.39 is 5.97 Å². The molecule has 0 saturated heterocycles. The molecule has 0 unspecified atom stereocenters. The Labute approximate surface area is 99.6 Å². The minimum atomic E-state index is -0.539. The molecule has 0 atom stereocenters. The van der Waals surface area contributed by atoms with Crippen molar-refractivity contribution in [1.29, 1.82) is 0 Å². The van der Waals surface area contributed by atoms with Crippen LogP contribution in [0.3, 0.4) is 0 Å². The first kappa shape index (κ1) is 12.4. The number of carbonyl (C=O) groups excluding carboxylic acids is 1. The monoisotopic (exact) mass is 239 g/mol. The van der Waals surface area contributed by atoms with Crippen LogP contribution in [-0.2, 0) is 9.53 Å². The standard InChI is InChI=1S/C11H13NO3S/c1-3-15-11(13)10(16)12-8-6-4-5-7-9(8)14-2/h4-7H,3H2,1-2H3,(H,12,16). The molecule has 1 aromatic rings. The second-order valence-electron chi connectivity index (χ2n) is 2.87. The van der Waals surface area contributed by atoms with E-state index in [0.29, 0.717) is 18.0 Å². The van der Waals surface area contributed by atoms with E-state index in [-0.39, 0.29) is 4.99 Å². The maximum absolute atomic E-state index is 11.3. The molecule has 0 radical (unpaired) electrons. The van der Waals surface area contributed by atoms with E-state index in [1.807, 2.05) is 12.1 Å². The highest BCUT2D eigenvalue weighted by molar-refractivity contribution is 7.82. The quantitative estimate of drug-likeness (QED) is 0.645. The van der Waals surface area contributed by atoms with Gasteiger partial charge in [0.1, 0.15) is 5.75 Å². The molecule has 16 heavy (non-hydrogen) atoms. The van der Waals surface area contributed by atoms with Crippen molar-refractivity contribution in [3.8, 4) is 5.75 Å². The number of esters is 1. The highest BCUT2D eigenvalue weighted by Crippen LogP contribution is 2.22. The Morgan fingerprint density at radius 2 is 2.12 bits per heavy atom. The first-order valence-electron chi connectivity index (χ1n) is 4.80. The summed E-state index contributed by atoms with van der Waals surface area (Å²) in [7, 11) is 1.55. The van der Waals surface area contributed by atoms with Crippen LogP contribution in [-0.4, -0.2) is 24.7 Å². The first-order valence-corrected chi connectivity index (χ1v) is 5.21. The van der Waals surface area contributed by atoms with Crippen molar-refractivity contribution in [2.45, 2.75) is 6.92 Å². The molecule has 0 bridgehead atoms. The fraction of sp³-hybridized carbons (Fsp3) is 0.273. The van der Waals surface area contributed by atoms with Crippen molar-refractivity contribution in [3.63, 3.8) is 0 Å². The minimum Gasteiger partial charge on any atom is -0.495 e. The molecule has 0 amide bonds. The molecule has 86 valence electrons. The molecule has 0 fully saturated rings. The fourth-order valence-electron chi connectivity index (χ4n) is 1.12. The zero-order valence-corrected chi connectivity index (χ0v) is 9.97. The van der Waals surface area contributed by atoms with Crippen LogP contribution >= 0.6 is 12.2 Å². The number of benzene rings is 1. The number of para-hydroxylation sites is 2. The maximum Gasteiger partial charge on any atom is 0.366 e. The van der Waals surface area contributed by atoms with Gasteiger partial charge in [0.05, 0.1) is 19.4 Å². The highest BCUT2D eigenvalue weighted by Gasteiger charge is 2.11. The van der Waals surface area contributed by atoms with Crippen molar-refractivity contribution in [3.05, 3.63) is 24.3 Å². The average molecular weight is 239 g/mol. The molecule has 0 aliphatic carbocycles. The summed E-state index contributed by atoms with van der Waals surface area (Å²) in [5, 5.41) is 2.78. The lowest BCUT2D eigenvalue weighted by Gasteiger charge is -2.10. The van der Waals surface area contributed by atoms with Crippen LogP contribution in [0.2, 0.25) is 0 Å². The van der Waals surface area contributed by atoms with E-state index in [0.717, 1.165) is 0 Å². The Kier molecular flexibility index (Phi) is 4.72. The van der Waals surface area contributed by atoms with Gasteiger partial charge in [-0.05, 0) is 19.1 Å². The smallest absolute Gasteiger partial charge is 0.366 e. The van der Waals surface area contributed by atoms with Gasteiger partial charge in [0.2, 0.25) is 0 Å². The summed E-state index contributed by atoms with van der Waals surface area (Å²) in [6, 6.07) is 7.19. The molecule has 1 rings (SSSR count). The predicted octanol–water partition coefficient (Wildman–Crippen LogP) is 2.00. The van der Waals surface area contributed by atoms with E-state index in [2.05, 4.69) is 5.32 Å². The lowest BCUT2D eigenvalue weighted by molar-refractivity contribution is -0.134. The molecule has 1 N–H and O–H groups in total. The summed E-state index contributed by atoms with van der Waals surface area (Å²) in [6.45, 7) is 2.02. The third-order valence-corrected chi connectivity index (χ3v) is 2.08. The normalized spacial score (nSPS) is 9.38. The van der Waals surface area contributed by atoms with Gasteiger partial charge in [-0.3, -0.25) is 0 Å². The van der Waals surface area contributed by atoms with E-state index >= 15 is 0 Å². The van der Waals surface area contributed by atoms with Crippen LogP contribution in [0.5, 0.6) is 5.75 Å². The molecule has 4 nitrogen and oxygen atoms in total. The number of hydrogen-bond acceptors (Lipinski definition) is 4. The zero-order valence-electron chi connectivity index (χ0n) is 9.15. The molecule has 5 heteroatoms. The number of rotatable bonds is 3. The van der Waals surface area contributed by atoms with E-state index in [1.54, 1.807) is 26.2 Å². The van der Waals surface area contributed by atoms with Crippen LogP contribution in [0.4, 0.5) is 5.69 Å². The van der Waals surface area contributed by atoms with Crippen molar-refractivity contribution >= 4 is 28.9 Å². The first-order chi connectivity index (χ1) is 7.69.